The summed E-state index contributed by atoms with van der Waals surface area (Å²) < 4.78 is 13.0. The van der Waals surface area contributed by atoms with E-state index in [9.17, 15) is 4.79 Å². The molecule has 0 aliphatic carbocycles. The summed E-state index contributed by atoms with van der Waals surface area (Å²) in [7, 11) is 0. The fourth-order valence-corrected chi connectivity index (χ4v) is 5.27. The SMILES string of the molecule is Cc1ccc2c(c1)Oc1cc(NC(=O)C(C)Cc3ccccc3)ccc1C21OCc2ccccc21. The Morgan fingerprint density at radius 2 is 1.60 bits per heavy atom. The number of anilines is 1. The van der Waals surface area contributed by atoms with E-state index in [0.29, 0.717) is 24.5 Å². The monoisotopic (exact) mass is 461 g/mol. The molecule has 4 nitrogen and oxygen atoms in total. The lowest BCUT2D eigenvalue weighted by Crippen LogP contribution is -2.32. The second-order valence-corrected chi connectivity index (χ2v) is 9.52. The van der Waals surface area contributed by atoms with E-state index in [1.54, 1.807) is 0 Å². The van der Waals surface area contributed by atoms with E-state index in [0.717, 1.165) is 33.6 Å². The number of hydrogen-bond donors (Lipinski definition) is 1. The van der Waals surface area contributed by atoms with E-state index >= 15 is 0 Å². The molecular weight excluding hydrogens is 434 g/mol. The van der Waals surface area contributed by atoms with E-state index < -0.39 is 5.60 Å². The Morgan fingerprint density at radius 1 is 0.886 bits per heavy atom. The molecule has 0 saturated heterocycles. The zero-order valence-electron chi connectivity index (χ0n) is 19.9. The molecule has 4 aromatic rings. The average Bonchev–Trinajstić information content (AvgIpc) is 3.24. The van der Waals surface area contributed by atoms with Crippen molar-refractivity contribution >= 4 is 11.6 Å². The summed E-state index contributed by atoms with van der Waals surface area (Å²) in [6.45, 7) is 4.55. The molecule has 2 unspecified atom stereocenters. The van der Waals surface area contributed by atoms with Gasteiger partial charge < -0.3 is 14.8 Å². The second-order valence-electron chi connectivity index (χ2n) is 9.52. The van der Waals surface area contributed by atoms with Crippen LogP contribution in [0.5, 0.6) is 11.5 Å². The molecule has 0 radical (unpaired) electrons. The van der Waals surface area contributed by atoms with Crippen molar-refractivity contribution in [1.82, 2.24) is 0 Å². The highest BCUT2D eigenvalue weighted by atomic mass is 16.5. The van der Waals surface area contributed by atoms with Crippen LogP contribution in [0.2, 0.25) is 0 Å². The molecule has 0 bridgehead atoms. The Hall–Kier alpha value is -3.89. The third-order valence-corrected chi connectivity index (χ3v) is 7.04. The van der Waals surface area contributed by atoms with Crippen LogP contribution in [0.4, 0.5) is 5.69 Å². The number of ether oxygens (including phenoxy) is 2. The summed E-state index contributed by atoms with van der Waals surface area (Å²) in [6.07, 6.45) is 0.689. The Morgan fingerprint density at radius 3 is 2.43 bits per heavy atom. The fourth-order valence-electron chi connectivity index (χ4n) is 5.27. The number of carbonyl (C=O) groups excluding carboxylic acids is 1. The number of amides is 1. The molecular formula is C31H27NO3. The number of nitrogens with one attached hydrogen (secondary N) is 1. The first kappa shape index (κ1) is 21.6. The van der Waals surface area contributed by atoms with Gasteiger partial charge in [0.15, 0.2) is 5.60 Å². The van der Waals surface area contributed by atoms with Gasteiger partial charge in [0.05, 0.1) is 6.61 Å². The highest BCUT2D eigenvalue weighted by Crippen LogP contribution is 2.56. The molecule has 6 rings (SSSR count). The number of hydrogen-bond acceptors (Lipinski definition) is 3. The lowest BCUT2D eigenvalue weighted by Gasteiger charge is -2.37. The van der Waals surface area contributed by atoms with Crippen molar-refractivity contribution in [2.75, 3.05) is 5.32 Å². The molecule has 2 aliphatic heterocycles. The first-order valence-electron chi connectivity index (χ1n) is 12.1. The van der Waals surface area contributed by atoms with E-state index in [-0.39, 0.29) is 11.8 Å². The van der Waals surface area contributed by atoms with Crippen LogP contribution in [0.1, 0.15) is 40.3 Å². The van der Waals surface area contributed by atoms with Crippen molar-refractivity contribution in [1.29, 1.82) is 0 Å². The first-order valence-corrected chi connectivity index (χ1v) is 12.1. The van der Waals surface area contributed by atoms with Gasteiger partial charge in [-0.25, -0.2) is 0 Å². The maximum absolute atomic E-state index is 13.0. The Balaban J connectivity index is 1.36. The van der Waals surface area contributed by atoms with Crippen molar-refractivity contribution in [2.45, 2.75) is 32.5 Å². The van der Waals surface area contributed by atoms with Crippen molar-refractivity contribution < 1.29 is 14.3 Å². The largest absolute Gasteiger partial charge is 0.456 e. The van der Waals surface area contributed by atoms with E-state index in [4.69, 9.17) is 9.47 Å². The molecule has 174 valence electrons. The highest BCUT2D eigenvalue weighted by molar-refractivity contribution is 5.93. The summed E-state index contributed by atoms with van der Waals surface area (Å²) in [5.74, 6) is 1.32. The van der Waals surface area contributed by atoms with Crippen LogP contribution in [0.15, 0.2) is 91.0 Å². The molecule has 2 atom stereocenters. The quantitative estimate of drug-likeness (QED) is 0.366. The van der Waals surface area contributed by atoms with Gasteiger partial charge >= 0.3 is 0 Å². The smallest absolute Gasteiger partial charge is 0.227 e. The van der Waals surface area contributed by atoms with E-state index in [2.05, 4.69) is 60.8 Å². The Bertz CT molecular complexity index is 1430. The van der Waals surface area contributed by atoms with Gasteiger partial charge in [0.2, 0.25) is 5.91 Å². The van der Waals surface area contributed by atoms with Crippen molar-refractivity contribution in [2.24, 2.45) is 5.92 Å². The number of carbonyl (C=O) groups is 1. The van der Waals surface area contributed by atoms with Gasteiger partial charge in [-0.3, -0.25) is 4.79 Å². The minimum Gasteiger partial charge on any atom is -0.456 e. The Kier molecular flexibility index (Phi) is 5.19. The molecule has 4 aromatic carbocycles. The number of benzene rings is 4. The van der Waals surface area contributed by atoms with Crippen LogP contribution >= 0.6 is 0 Å². The van der Waals surface area contributed by atoms with Gasteiger partial charge in [-0.2, -0.15) is 0 Å². The van der Waals surface area contributed by atoms with Crippen LogP contribution in [0.25, 0.3) is 0 Å². The lowest BCUT2D eigenvalue weighted by molar-refractivity contribution is -0.119. The summed E-state index contributed by atoms with van der Waals surface area (Å²) in [4.78, 5) is 13.0. The molecule has 1 spiro atoms. The summed E-state index contributed by atoms with van der Waals surface area (Å²) in [5.41, 5.74) is 6.54. The zero-order chi connectivity index (χ0) is 24.0. The molecule has 35 heavy (non-hydrogen) atoms. The molecule has 2 aliphatic rings. The number of rotatable bonds is 4. The van der Waals surface area contributed by atoms with Gasteiger partial charge in [-0.15, -0.1) is 0 Å². The second kappa shape index (κ2) is 8.40. The maximum atomic E-state index is 13.0. The van der Waals surface area contributed by atoms with Crippen LogP contribution in [0.3, 0.4) is 0 Å². The minimum absolute atomic E-state index is 0.0157. The summed E-state index contributed by atoms with van der Waals surface area (Å²) in [5, 5.41) is 3.09. The third-order valence-electron chi connectivity index (χ3n) is 7.04. The predicted molar refractivity (Wildman–Crippen MR) is 137 cm³/mol. The standard InChI is InChI=1S/C31H27NO3/c1-20-12-14-26-28(16-20)35-29-18-24(32-30(33)21(2)17-22-8-4-3-5-9-22)13-15-27(29)31(26)25-11-7-6-10-23(25)19-34-31/h3-16,18,21H,17,19H2,1-2H3,(H,32,33). The normalized spacial score (nSPS) is 18.2. The minimum atomic E-state index is -0.726. The lowest BCUT2D eigenvalue weighted by atomic mass is 9.77. The molecule has 1 N–H and O–H groups in total. The van der Waals surface area contributed by atoms with Crippen molar-refractivity contribution in [3.63, 3.8) is 0 Å². The third kappa shape index (κ3) is 3.62. The summed E-state index contributed by atoms with van der Waals surface area (Å²) >= 11 is 0. The van der Waals surface area contributed by atoms with Crippen LogP contribution in [-0.2, 0) is 28.2 Å². The molecule has 0 fully saturated rings. The molecule has 1 amide bonds. The molecule has 4 heteroatoms. The highest BCUT2D eigenvalue weighted by Gasteiger charge is 2.49. The summed E-state index contributed by atoms with van der Waals surface area (Å²) in [6, 6.07) is 30.6. The van der Waals surface area contributed by atoms with Crippen molar-refractivity contribution in [3.8, 4) is 11.5 Å². The van der Waals surface area contributed by atoms with Gasteiger partial charge in [-0.05, 0) is 53.8 Å². The zero-order valence-corrected chi connectivity index (χ0v) is 19.9. The molecule has 2 heterocycles. The molecule has 0 saturated carbocycles. The first-order chi connectivity index (χ1) is 17.0. The van der Waals surface area contributed by atoms with Crippen LogP contribution in [-0.4, -0.2) is 5.91 Å². The fraction of sp³-hybridized carbons (Fsp3) is 0.194. The van der Waals surface area contributed by atoms with Gasteiger partial charge in [0.1, 0.15) is 11.5 Å². The van der Waals surface area contributed by atoms with E-state index in [1.807, 2.05) is 49.4 Å². The van der Waals surface area contributed by atoms with Gasteiger partial charge in [0.25, 0.3) is 0 Å². The number of fused-ring (bicyclic) bond motifs is 6. The van der Waals surface area contributed by atoms with Crippen molar-refractivity contribution in [3.05, 3.63) is 124 Å². The van der Waals surface area contributed by atoms with E-state index in [1.165, 1.54) is 5.56 Å². The topological polar surface area (TPSA) is 47.6 Å². The molecule has 0 aromatic heterocycles. The van der Waals surface area contributed by atoms with Crippen LogP contribution in [0, 0.1) is 12.8 Å². The van der Waals surface area contributed by atoms with Gasteiger partial charge in [-0.1, -0.05) is 73.7 Å². The number of aryl methyl sites for hydroxylation is 1. The average molecular weight is 462 g/mol. The maximum Gasteiger partial charge on any atom is 0.227 e. The van der Waals surface area contributed by atoms with Gasteiger partial charge in [0, 0.05) is 28.8 Å². The van der Waals surface area contributed by atoms with Crippen LogP contribution < -0.4 is 10.1 Å². The predicted octanol–water partition coefficient (Wildman–Crippen LogP) is 6.74. The Labute approximate surface area is 205 Å².